The molecular weight excluding hydrogens is 507 g/mol. The maximum atomic E-state index is 14.1. The lowest BCUT2D eigenvalue weighted by Gasteiger charge is -2.31. The molecule has 0 spiro atoms. The highest BCUT2D eigenvalue weighted by atomic mass is 32.2. The predicted molar refractivity (Wildman–Crippen MR) is 142 cm³/mol. The van der Waals surface area contributed by atoms with Crippen molar-refractivity contribution in [2.45, 2.75) is 69.1 Å². The average Bonchev–Trinajstić information content (AvgIpc) is 3.18. The first kappa shape index (κ1) is 26.6. The van der Waals surface area contributed by atoms with Crippen LogP contribution in [0.15, 0.2) is 59.5 Å². The highest BCUT2D eigenvalue weighted by Gasteiger charge is 2.39. The number of rotatable bonds is 8. The third kappa shape index (κ3) is 5.02. The predicted octanol–water partition coefficient (Wildman–Crippen LogP) is 4.94. The number of sulfonamides is 1. The van der Waals surface area contributed by atoms with E-state index in [4.69, 9.17) is 4.74 Å². The third-order valence-electron chi connectivity index (χ3n) is 7.31. The zero-order valence-electron chi connectivity index (χ0n) is 21.6. The number of aliphatic hydroxyl groups excluding tert-OH is 1. The molecule has 1 N–H and O–H groups in total. The van der Waals surface area contributed by atoms with Crippen LogP contribution in [0.4, 0.5) is 4.39 Å². The van der Waals surface area contributed by atoms with E-state index in [-0.39, 0.29) is 23.1 Å². The topological polar surface area (TPSA) is 88.8 Å². The van der Waals surface area contributed by atoms with Crippen molar-refractivity contribution in [2.75, 3.05) is 13.1 Å². The Bertz CT molecular complexity index is 1410. The van der Waals surface area contributed by atoms with Crippen molar-refractivity contribution in [1.82, 2.24) is 8.87 Å². The molecule has 2 aromatic carbocycles. The number of nitrogens with zero attached hydrogens (tertiary/aromatic N) is 2. The molecule has 2 atom stereocenters. The second-order valence-corrected chi connectivity index (χ2v) is 12.2. The molecule has 9 heteroatoms. The molecule has 2 aliphatic heterocycles. The zero-order chi connectivity index (χ0) is 27.0. The summed E-state index contributed by atoms with van der Waals surface area (Å²) < 4.78 is 51.2. The number of cyclic esters (lactones) is 1. The maximum Gasteiger partial charge on any atom is 0.308 e. The highest BCUT2D eigenvalue weighted by Crippen LogP contribution is 2.46. The fraction of sp³-hybridized carbons (Fsp3) is 0.414. The molecule has 0 unspecified atom stereocenters. The smallest absolute Gasteiger partial charge is 0.308 e. The molecule has 7 nitrogen and oxygen atoms in total. The molecule has 0 aliphatic carbocycles. The number of benzene rings is 2. The number of carbonyl (C=O) groups is 1. The Hall–Kier alpha value is -3.01. The first-order chi connectivity index (χ1) is 18.2. The standard InChI is InChI=1S/C29H33FN2O5S/c1-19(2)27-29(38(35,36)31-14-6-15-31)26(20-7-4-3-5-8-20)28(21-9-11-22(30)12-10-21)32(27)16-13-24-17-23(33)18-25(34)37-24/h3-5,7-12,19,23-24,33H,6,13-18H2,1-2H3/t23-,24-/m1/s1. The first-order valence-corrected chi connectivity index (χ1v) is 14.6. The van der Waals surface area contributed by atoms with Crippen molar-refractivity contribution in [1.29, 1.82) is 0 Å². The minimum absolute atomic E-state index is 0.0194. The molecule has 2 saturated heterocycles. The summed E-state index contributed by atoms with van der Waals surface area (Å²) in [4.78, 5) is 12.2. The molecule has 3 aromatic rings. The minimum atomic E-state index is -3.82. The molecule has 0 bridgehead atoms. The van der Waals surface area contributed by atoms with Gasteiger partial charge in [0.25, 0.3) is 0 Å². The maximum absolute atomic E-state index is 14.1. The Morgan fingerprint density at radius 3 is 2.32 bits per heavy atom. The van der Waals surface area contributed by atoms with Crippen LogP contribution in [0.2, 0.25) is 0 Å². The van der Waals surface area contributed by atoms with E-state index >= 15 is 0 Å². The molecule has 3 heterocycles. The first-order valence-electron chi connectivity index (χ1n) is 13.1. The van der Waals surface area contributed by atoms with Crippen molar-refractivity contribution in [3.8, 4) is 22.4 Å². The van der Waals surface area contributed by atoms with Crippen molar-refractivity contribution >= 4 is 16.0 Å². The number of aliphatic hydroxyl groups is 1. The molecule has 2 fully saturated rings. The number of hydrogen-bond donors (Lipinski definition) is 1. The Balaban J connectivity index is 1.75. The number of ether oxygens (including phenoxy) is 1. The van der Waals surface area contributed by atoms with Crippen molar-refractivity contribution in [3.63, 3.8) is 0 Å². The van der Waals surface area contributed by atoms with Gasteiger partial charge < -0.3 is 14.4 Å². The molecule has 0 saturated carbocycles. The summed E-state index contributed by atoms with van der Waals surface area (Å²) in [7, 11) is -3.82. The molecule has 0 amide bonds. The monoisotopic (exact) mass is 540 g/mol. The largest absolute Gasteiger partial charge is 0.462 e. The van der Waals surface area contributed by atoms with Gasteiger partial charge in [0.2, 0.25) is 10.0 Å². The molecule has 5 rings (SSSR count). The third-order valence-corrected chi connectivity index (χ3v) is 9.28. The van der Waals surface area contributed by atoms with E-state index in [1.807, 2.05) is 48.7 Å². The normalized spacial score (nSPS) is 20.4. The van der Waals surface area contributed by atoms with Crippen molar-refractivity contribution in [2.24, 2.45) is 0 Å². The molecule has 2 aliphatic rings. The van der Waals surface area contributed by atoms with Gasteiger partial charge >= 0.3 is 5.97 Å². The van der Waals surface area contributed by atoms with Gasteiger partial charge in [-0.15, -0.1) is 0 Å². The Morgan fingerprint density at radius 1 is 1.05 bits per heavy atom. The summed E-state index contributed by atoms with van der Waals surface area (Å²) in [5, 5.41) is 10.1. The van der Waals surface area contributed by atoms with Crippen LogP contribution in [0.5, 0.6) is 0 Å². The van der Waals surface area contributed by atoms with Crippen LogP contribution in [-0.4, -0.2) is 53.7 Å². The Labute approximate surface area is 222 Å². The summed E-state index contributed by atoms with van der Waals surface area (Å²) in [6, 6.07) is 15.5. The van der Waals surface area contributed by atoms with Crippen LogP contribution in [0.25, 0.3) is 22.4 Å². The van der Waals surface area contributed by atoms with E-state index in [0.717, 1.165) is 12.0 Å². The van der Waals surface area contributed by atoms with Crippen LogP contribution in [0.3, 0.4) is 0 Å². The Morgan fingerprint density at radius 2 is 1.74 bits per heavy atom. The van der Waals surface area contributed by atoms with Gasteiger partial charge in [-0.25, -0.2) is 12.8 Å². The Kier molecular flexibility index (Phi) is 7.44. The van der Waals surface area contributed by atoms with E-state index in [2.05, 4.69) is 0 Å². The number of esters is 1. The van der Waals surface area contributed by atoms with E-state index in [0.29, 0.717) is 55.0 Å². The van der Waals surface area contributed by atoms with Gasteiger partial charge in [-0.1, -0.05) is 44.2 Å². The SMILES string of the molecule is CC(C)c1c(S(=O)(=O)N2CCC2)c(-c2ccccc2)c(-c2ccc(F)cc2)n1CC[C@@H]1C[C@@H](O)CC(=O)O1. The lowest BCUT2D eigenvalue weighted by atomic mass is 10.0. The van der Waals surface area contributed by atoms with E-state index < -0.39 is 28.2 Å². The van der Waals surface area contributed by atoms with Gasteiger partial charge in [-0.2, -0.15) is 4.31 Å². The number of halogens is 1. The quantitative estimate of drug-likeness (QED) is 0.409. The molecule has 202 valence electrons. The van der Waals surface area contributed by atoms with Crippen LogP contribution in [0, 0.1) is 5.82 Å². The fourth-order valence-electron chi connectivity index (χ4n) is 5.43. The second kappa shape index (κ2) is 10.6. The van der Waals surface area contributed by atoms with Gasteiger partial charge in [0, 0.05) is 43.7 Å². The summed E-state index contributed by atoms with van der Waals surface area (Å²) >= 11 is 0. The highest BCUT2D eigenvalue weighted by molar-refractivity contribution is 7.89. The van der Waals surface area contributed by atoms with Crippen LogP contribution < -0.4 is 0 Å². The van der Waals surface area contributed by atoms with Crippen LogP contribution >= 0.6 is 0 Å². The van der Waals surface area contributed by atoms with Gasteiger partial charge in [-0.05, 0) is 47.7 Å². The zero-order valence-corrected chi connectivity index (χ0v) is 22.5. The molecule has 38 heavy (non-hydrogen) atoms. The lowest BCUT2D eigenvalue weighted by Crippen LogP contribution is -2.42. The fourth-order valence-corrected chi connectivity index (χ4v) is 7.51. The van der Waals surface area contributed by atoms with E-state index in [9.17, 15) is 22.7 Å². The number of carbonyl (C=O) groups excluding carboxylic acids is 1. The van der Waals surface area contributed by atoms with Gasteiger partial charge in [0.15, 0.2) is 0 Å². The molecular formula is C29H33FN2O5S. The summed E-state index contributed by atoms with van der Waals surface area (Å²) in [5.74, 6) is -0.971. The van der Waals surface area contributed by atoms with Gasteiger partial charge in [-0.3, -0.25) is 4.79 Å². The summed E-state index contributed by atoms with van der Waals surface area (Å²) in [6.45, 7) is 5.24. The van der Waals surface area contributed by atoms with Crippen LogP contribution in [-0.2, 0) is 26.1 Å². The number of hydrogen-bond acceptors (Lipinski definition) is 5. The van der Waals surface area contributed by atoms with Crippen LogP contribution in [0.1, 0.15) is 51.1 Å². The summed E-state index contributed by atoms with van der Waals surface area (Å²) in [5.41, 5.74) is 3.39. The van der Waals surface area contributed by atoms with E-state index in [1.54, 1.807) is 12.1 Å². The second-order valence-electron chi connectivity index (χ2n) is 10.4. The lowest BCUT2D eigenvalue weighted by molar-refractivity contribution is -0.160. The van der Waals surface area contributed by atoms with E-state index in [1.165, 1.54) is 16.4 Å². The van der Waals surface area contributed by atoms with Crippen molar-refractivity contribution in [3.05, 3.63) is 66.1 Å². The summed E-state index contributed by atoms with van der Waals surface area (Å²) in [6.07, 6.45) is 0.301. The van der Waals surface area contributed by atoms with Crippen molar-refractivity contribution < 1.29 is 27.4 Å². The minimum Gasteiger partial charge on any atom is -0.462 e. The molecule has 0 radical (unpaired) electrons. The number of aromatic nitrogens is 1. The van der Waals surface area contributed by atoms with Gasteiger partial charge in [0.1, 0.15) is 16.8 Å². The average molecular weight is 541 g/mol. The van der Waals surface area contributed by atoms with Gasteiger partial charge in [0.05, 0.1) is 18.2 Å². The molecule has 1 aromatic heterocycles.